The largest absolute Gasteiger partial charge is 0.280 e. The van der Waals surface area contributed by atoms with Crippen LogP contribution in [0.3, 0.4) is 0 Å². The maximum Gasteiger partial charge on any atom is 0.260 e. The van der Waals surface area contributed by atoms with Crippen LogP contribution in [0.1, 0.15) is 15.9 Å². The third-order valence-electron chi connectivity index (χ3n) is 4.10. The molecule has 0 radical (unpaired) electrons. The number of amides is 1. The van der Waals surface area contributed by atoms with Crippen LogP contribution < -0.4 is 4.90 Å². The van der Waals surface area contributed by atoms with Crippen molar-refractivity contribution in [2.75, 3.05) is 17.7 Å². The molecule has 0 saturated carbocycles. The van der Waals surface area contributed by atoms with E-state index in [9.17, 15) is 13.2 Å². The zero-order chi connectivity index (χ0) is 21.0. The Bertz CT molecular complexity index is 1210. The molecule has 3 rings (SSSR count). The van der Waals surface area contributed by atoms with Crippen LogP contribution in [0.25, 0.3) is 11.3 Å². The molecule has 1 heterocycles. The van der Waals surface area contributed by atoms with Crippen molar-refractivity contribution >= 4 is 32.2 Å². The fraction of sp³-hybridized carbons (Fsp3) is 0.0952. The quantitative estimate of drug-likeness (QED) is 0.561. The lowest BCUT2D eigenvalue weighted by molar-refractivity contribution is 0.0989. The van der Waals surface area contributed by atoms with Gasteiger partial charge in [0.1, 0.15) is 0 Å². The number of carbonyl (C=O) groups is 1. The summed E-state index contributed by atoms with van der Waals surface area (Å²) >= 11 is 1.30. The summed E-state index contributed by atoms with van der Waals surface area (Å²) in [5.74, 6) is -0.282. The summed E-state index contributed by atoms with van der Waals surface area (Å²) in [5.41, 5.74) is 2.18. The number of hydrogen-bond donors (Lipinski definition) is 0. The minimum atomic E-state index is -3.27. The summed E-state index contributed by atoms with van der Waals surface area (Å²) in [6, 6.07) is 14.9. The van der Waals surface area contributed by atoms with Gasteiger partial charge in [0.25, 0.3) is 5.91 Å². The molecule has 2 aromatic carbocycles. The molecule has 0 N–H and O–H groups in total. The molecular weight excluding hydrogens is 406 g/mol. The van der Waals surface area contributed by atoms with Gasteiger partial charge >= 0.3 is 0 Å². The lowest BCUT2D eigenvalue weighted by Crippen LogP contribution is -2.31. The molecule has 0 aliphatic rings. The molecule has 0 aliphatic carbocycles. The lowest BCUT2D eigenvalue weighted by atomic mass is 10.1. The first kappa shape index (κ1) is 20.5. The zero-order valence-corrected chi connectivity index (χ0v) is 17.2. The number of aromatic nitrogens is 1. The number of anilines is 1. The molecule has 29 heavy (non-hydrogen) atoms. The molecule has 0 unspecified atom stereocenters. The van der Waals surface area contributed by atoms with E-state index in [0.29, 0.717) is 22.0 Å². The van der Waals surface area contributed by atoms with E-state index in [4.69, 9.17) is 5.26 Å². The SMILES string of the molecule is C=CCN(C(=O)c1cccc(C#N)c1)c1nc(-c2ccc(S(C)(=O)=O)cc2)cs1. The first-order valence-corrected chi connectivity index (χ1v) is 11.3. The van der Waals surface area contributed by atoms with Crippen LogP contribution in [-0.2, 0) is 9.84 Å². The zero-order valence-electron chi connectivity index (χ0n) is 15.6. The van der Waals surface area contributed by atoms with Crippen molar-refractivity contribution in [1.82, 2.24) is 4.98 Å². The van der Waals surface area contributed by atoms with Crippen molar-refractivity contribution in [3.8, 4) is 17.3 Å². The number of carbonyl (C=O) groups excluding carboxylic acids is 1. The Kier molecular flexibility index (Phi) is 5.92. The minimum absolute atomic E-state index is 0.234. The Morgan fingerprint density at radius 3 is 2.62 bits per heavy atom. The molecule has 6 nitrogen and oxygen atoms in total. The molecular formula is C21H17N3O3S2. The average molecular weight is 424 g/mol. The third kappa shape index (κ3) is 4.59. The summed E-state index contributed by atoms with van der Waals surface area (Å²) in [4.78, 5) is 19.2. The van der Waals surface area contributed by atoms with E-state index in [1.807, 2.05) is 6.07 Å². The fourth-order valence-electron chi connectivity index (χ4n) is 2.65. The first-order chi connectivity index (χ1) is 13.8. The first-order valence-electron chi connectivity index (χ1n) is 8.52. The number of hydrogen-bond acceptors (Lipinski definition) is 6. The van der Waals surface area contributed by atoms with E-state index >= 15 is 0 Å². The van der Waals surface area contributed by atoms with E-state index in [0.717, 1.165) is 11.8 Å². The number of rotatable bonds is 6. The second kappa shape index (κ2) is 8.39. The van der Waals surface area contributed by atoms with Crippen LogP contribution in [0, 0.1) is 11.3 Å². The van der Waals surface area contributed by atoms with Crippen molar-refractivity contribution in [1.29, 1.82) is 5.26 Å². The van der Waals surface area contributed by atoms with Crippen molar-refractivity contribution in [2.24, 2.45) is 0 Å². The maximum atomic E-state index is 13.0. The Labute approximate surface area is 173 Å². The predicted octanol–water partition coefficient (Wildman–Crippen LogP) is 3.92. The van der Waals surface area contributed by atoms with E-state index in [1.54, 1.807) is 41.8 Å². The van der Waals surface area contributed by atoms with Gasteiger partial charge in [-0.2, -0.15) is 5.26 Å². The number of benzene rings is 2. The Morgan fingerprint density at radius 2 is 2.00 bits per heavy atom. The molecule has 0 spiro atoms. The summed E-state index contributed by atoms with van der Waals surface area (Å²) < 4.78 is 23.2. The highest BCUT2D eigenvalue weighted by molar-refractivity contribution is 7.90. The highest BCUT2D eigenvalue weighted by atomic mass is 32.2. The van der Waals surface area contributed by atoms with Gasteiger partial charge in [-0.05, 0) is 30.3 Å². The van der Waals surface area contributed by atoms with Gasteiger partial charge in [0.05, 0.1) is 22.2 Å². The topological polar surface area (TPSA) is 91.1 Å². The van der Waals surface area contributed by atoms with Crippen LogP contribution in [0.15, 0.2) is 71.5 Å². The summed E-state index contributed by atoms with van der Waals surface area (Å²) in [6.07, 6.45) is 2.76. The normalized spacial score (nSPS) is 10.9. The molecule has 1 amide bonds. The van der Waals surface area contributed by atoms with Gasteiger partial charge < -0.3 is 0 Å². The van der Waals surface area contributed by atoms with E-state index < -0.39 is 9.84 Å². The molecule has 3 aromatic rings. The van der Waals surface area contributed by atoms with Crippen LogP contribution in [-0.4, -0.2) is 32.1 Å². The summed E-state index contributed by atoms with van der Waals surface area (Å²) in [5, 5.41) is 11.4. The molecule has 0 atom stereocenters. The standard InChI is InChI=1S/C21H17N3O3S2/c1-3-11-24(20(25)17-6-4-5-15(12-17)13-22)21-23-19(14-28-21)16-7-9-18(10-8-16)29(2,26)27/h3-10,12,14H,1,11H2,2H3. The van der Waals surface area contributed by atoms with Gasteiger partial charge in [-0.25, -0.2) is 13.4 Å². The molecule has 0 fully saturated rings. The lowest BCUT2D eigenvalue weighted by Gasteiger charge is -2.18. The molecule has 1 aromatic heterocycles. The van der Waals surface area contributed by atoms with E-state index in [-0.39, 0.29) is 17.3 Å². The van der Waals surface area contributed by atoms with E-state index in [1.165, 1.54) is 34.4 Å². The summed E-state index contributed by atoms with van der Waals surface area (Å²) in [6.45, 7) is 3.97. The van der Waals surface area contributed by atoms with Gasteiger partial charge in [-0.1, -0.05) is 24.3 Å². The Morgan fingerprint density at radius 1 is 1.28 bits per heavy atom. The summed E-state index contributed by atoms with van der Waals surface area (Å²) in [7, 11) is -3.27. The Balaban J connectivity index is 1.92. The number of nitriles is 1. The number of thiazole rings is 1. The van der Waals surface area contributed by atoms with Crippen molar-refractivity contribution in [3.05, 3.63) is 77.7 Å². The fourth-order valence-corrected chi connectivity index (χ4v) is 4.12. The van der Waals surface area contributed by atoms with Crippen molar-refractivity contribution in [2.45, 2.75) is 4.90 Å². The molecule has 146 valence electrons. The highest BCUT2D eigenvalue weighted by Gasteiger charge is 2.20. The van der Waals surface area contributed by atoms with Crippen LogP contribution in [0.5, 0.6) is 0 Å². The minimum Gasteiger partial charge on any atom is -0.280 e. The molecule has 0 saturated heterocycles. The monoisotopic (exact) mass is 423 g/mol. The molecule has 8 heteroatoms. The van der Waals surface area contributed by atoms with Crippen molar-refractivity contribution in [3.63, 3.8) is 0 Å². The van der Waals surface area contributed by atoms with Crippen molar-refractivity contribution < 1.29 is 13.2 Å². The van der Waals surface area contributed by atoms with Crippen LogP contribution in [0.2, 0.25) is 0 Å². The average Bonchev–Trinajstić information content (AvgIpc) is 3.21. The van der Waals surface area contributed by atoms with Gasteiger partial charge in [0.2, 0.25) is 0 Å². The molecule has 0 bridgehead atoms. The van der Waals surface area contributed by atoms with E-state index in [2.05, 4.69) is 11.6 Å². The predicted molar refractivity (Wildman–Crippen MR) is 114 cm³/mol. The van der Waals surface area contributed by atoms with Gasteiger partial charge in [-0.3, -0.25) is 9.69 Å². The maximum absolute atomic E-state index is 13.0. The second-order valence-corrected chi connectivity index (χ2v) is 9.06. The van der Waals surface area contributed by atoms with Gasteiger partial charge in [-0.15, -0.1) is 17.9 Å². The highest BCUT2D eigenvalue weighted by Crippen LogP contribution is 2.29. The van der Waals surface area contributed by atoms with Crippen LogP contribution >= 0.6 is 11.3 Å². The number of nitrogens with zero attached hydrogens (tertiary/aromatic N) is 3. The second-order valence-electron chi connectivity index (χ2n) is 6.21. The van der Waals surface area contributed by atoms with Crippen LogP contribution in [0.4, 0.5) is 5.13 Å². The number of sulfone groups is 1. The third-order valence-corrected chi connectivity index (χ3v) is 6.09. The molecule has 0 aliphatic heterocycles. The smallest absolute Gasteiger partial charge is 0.260 e. The van der Waals surface area contributed by atoms with Gasteiger partial charge in [0, 0.05) is 29.3 Å². The van der Waals surface area contributed by atoms with Gasteiger partial charge in [0.15, 0.2) is 15.0 Å². The Hall–Kier alpha value is -3.28.